The molecule has 3 heteroatoms. The normalized spacial score (nSPS) is 35.2. The molecule has 152 valence electrons. The van der Waals surface area contributed by atoms with Gasteiger partial charge in [0.15, 0.2) is 0 Å². The molecule has 1 heterocycles. The summed E-state index contributed by atoms with van der Waals surface area (Å²) >= 11 is 0. The van der Waals surface area contributed by atoms with Gasteiger partial charge in [-0.3, -0.25) is 9.69 Å². The zero-order valence-corrected chi connectivity index (χ0v) is 17.5. The van der Waals surface area contributed by atoms with E-state index >= 15 is 0 Å². The first kappa shape index (κ1) is 18.7. The van der Waals surface area contributed by atoms with Crippen molar-refractivity contribution < 1.29 is 4.79 Å². The maximum absolute atomic E-state index is 12.8. The standard InChI is InChI=1S/C25H36N2O/c1-18-6-8-27(9-7-18)17-19-2-4-23(5-3-19)26-24(28)16-25-13-20-10-21(14-25)12-22(11-20)15-25/h2-5,18,20-22H,6-17H2,1H3,(H,26,28). The summed E-state index contributed by atoms with van der Waals surface area (Å²) in [5, 5.41) is 3.20. The fourth-order valence-electron chi connectivity index (χ4n) is 7.22. The van der Waals surface area contributed by atoms with Gasteiger partial charge in [0.2, 0.25) is 5.91 Å². The Balaban J connectivity index is 1.15. The summed E-state index contributed by atoms with van der Waals surface area (Å²) in [7, 11) is 0. The van der Waals surface area contributed by atoms with Crippen LogP contribution in [0.1, 0.15) is 70.3 Å². The highest BCUT2D eigenvalue weighted by Gasteiger charge is 2.51. The van der Waals surface area contributed by atoms with Crippen LogP contribution in [-0.4, -0.2) is 23.9 Å². The minimum atomic E-state index is 0.236. The van der Waals surface area contributed by atoms with E-state index < -0.39 is 0 Å². The molecular formula is C25H36N2O. The number of piperidine rings is 1. The summed E-state index contributed by atoms with van der Waals surface area (Å²) in [5.74, 6) is 3.85. The zero-order valence-electron chi connectivity index (χ0n) is 17.5. The summed E-state index contributed by atoms with van der Waals surface area (Å²) in [6.45, 7) is 5.82. The summed E-state index contributed by atoms with van der Waals surface area (Å²) < 4.78 is 0. The number of likely N-dealkylation sites (tertiary alicyclic amines) is 1. The Bertz CT molecular complexity index is 666. The molecule has 0 atom stereocenters. The molecule has 1 saturated heterocycles. The van der Waals surface area contributed by atoms with E-state index in [-0.39, 0.29) is 5.91 Å². The third kappa shape index (κ3) is 4.01. The second-order valence-electron chi connectivity index (χ2n) is 10.8. The molecule has 4 aliphatic carbocycles. The van der Waals surface area contributed by atoms with Crippen molar-refractivity contribution >= 4 is 11.6 Å². The Kier molecular flexibility index (Phi) is 4.99. The summed E-state index contributed by atoms with van der Waals surface area (Å²) in [4.78, 5) is 15.4. The minimum absolute atomic E-state index is 0.236. The fourth-order valence-corrected chi connectivity index (χ4v) is 7.22. The van der Waals surface area contributed by atoms with Gasteiger partial charge in [-0.25, -0.2) is 0 Å². The molecule has 0 aromatic heterocycles. The van der Waals surface area contributed by atoms with E-state index in [9.17, 15) is 4.79 Å². The molecule has 28 heavy (non-hydrogen) atoms. The molecule has 1 N–H and O–H groups in total. The van der Waals surface area contributed by atoms with Gasteiger partial charge in [0, 0.05) is 18.7 Å². The SMILES string of the molecule is CC1CCN(Cc2ccc(NC(=O)CC34CC5CC(CC(C5)C3)C4)cc2)CC1. The summed E-state index contributed by atoms with van der Waals surface area (Å²) in [5.41, 5.74) is 2.64. The quantitative estimate of drug-likeness (QED) is 0.735. The molecule has 0 radical (unpaired) electrons. The van der Waals surface area contributed by atoms with Crippen LogP contribution in [0, 0.1) is 29.1 Å². The predicted molar refractivity (Wildman–Crippen MR) is 114 cm³/mol. The maximum atomic E-state index is 12.8. The lowest BCUT2D eigenvalue weighted by molar-refractivity contribution is -0.124. The number of hydrogen-bond acceptors (Lipinski definition) is 2. The van der Waals surface area contributed by atoms with Gasteiger partial charge in [-0.1, -0.05) is 19.1 Å². The van der Waals surface area contributed by atoms with Gasteiger partial charge in [-0.2, -0.15) is 0 Å². The van der Waals surface area contributed by atoms with Crippen LogP contribution in [0.25, 0.3) is 0 Å². The van der Waals surface area contributed by atoms with E-state index in [2.05, 4.69) is 41.4 Å². The molecule has 6 rings (SSSR count). The number of carbonyl (C=O) groups excluding carboxylic acids is 1. The molecule has 0 spiro atoms. The lowest BCUT2D eigenvalue weighted by Gasteiger charge is -2.56. The van der Waals surface area contributed by atoms with E-state index in [1.54, 1.807) is 0 Å². The van der Waals surface area contributed by atoms with E-state index in [0.29, 0.717) is 5.41 Å². The van der Waals surface area contributed by atoms with E-state index in [1.165, 1.54) is 70.0 Å². The molecule has 5 aliphatic rings. The van der Waals surface area contributed by atoms with Crippen molar-refractivity contribution in [1.29, 1.82) is 0 Å². The van der Waals surface area contributed by atoms with Crippen LogP contribution in [0.3, 0.4) is 0 Å². The highest BCUT2D eigenvalue weighted by molar-refractivity contribution is 5.91. The van der Waals surface area contributed by atoms with Crippen molar-refractivity contribution in [2.24, 2.45) is 29.1 Å². The van der Waals surface area contributed by atoms with Crippen molar-refractivity contribution in [1.82, 2.24) is 4.90 Å². The van der Waals surface area contributed by atoms with Gasteiger partial charge in [0.25, 0.3) is 0 Å². The third-order valence-electron chi connectivity index (χ3n) is 8.22. The molecule has 1 aromatic rings. The number of amides is 1. The molecule has 1 aliphatic heterocycles. The number of rotatable bonds is 5. The Morgan fingerprint density at radius 3 is 2.14 bits per heavy atom. The lowest BCUT2D eigenvalue weighted by Crippen LogP contribution is -2.47. The number of nitrogens with one attached hydrogen (secondary N) is 1. The van der Waals surface area contributed by atoms with Crippen LogP contribution in [0.2, 0.25) is 0 Å². The fraction of sp³-hybridized carbons (Fsp3) is 0.720. The van der Waals surface area contributed by atoms with Crippen molar-refractivity contribution in [3.63, 3.8) is 0 Å². The number of anilines is 1. The van der Waals surface area contributed by atoms with Crippen molar-refractivity contribution in [2.45, 2.75) is 71.3 Å². The van der Waals surface area contributed by atoms with Crippen LogP contribution in [0.15, 0.2) is 24.3 Å². The lowest BCUT2D eigenvalue weighted by atomic mass is 9.49. The van der Waals surface area contributed by atoms with Crippen LogP contribution < -0.4 is 5.32 Å². The minimum Gasteiger partial charge on any atom is -0.326 e. The first-order valence-corrected chi connectivity index (χ1v) is 11.7. The molecule has 1 aromatic carbocycles. The third-order valence-corrected chi connectivity index (χ3v) is 8.22. The van der Waals surface area contributed by atoms with E-state index in [0.717, 1.165) is 42.3 Å². The predicted octanol–water partition coefficient (Wildman–Crippen LogP) is 5.46. The Labute approximate surface area is 170 Å². The molecule has 5 fully saturated rings. The first-order valence-electron chi connectivity index (χ1n) is 11.7. The van der Waals surface area contributed by atoms with Gasteiger partial charge in [0.05, 0.1) is 0 Å². The molecular weight excluding hydrogens is 344 g/mol. The largest absolute Gasteiger partial charge is 0.326 e. The van der Waals surface area contributed by atoms with E-state index in [1.807, 2.05) is 0 Å². The average molecular weight is 381 g/mol. The Morgan fingerprint density at radius 1 is 1.00 bits per heavy atom. The van der Waals surface area contributed by atoms with Gasteiger partial charge >= 0.3 is 0 Å². The maximum Gasteiger partial charge on any atom is 0.224 e. The van der Waals surface area contributed by atoms with Crippen molar-refractivity contribution in [3.8, 4) is 0 Å². The van der Waals surface area contributed by atoms with Crippen LogP contribution in [0.5, 0.6) is 0 Å². The monoisotopic (exact) mass is 380 g/mol. The summed E-state index contributed by atoms with van der Waals surface area (Å²) in [6.07, 6.45) is 11.6. The van der Waals surface area contributed by atoms with Crippen LogP contribution in [0.4, 0.5) is 5.69 Å². The average Bonchev–Trinajstić information content (AvgIpc) is 2.63. The molecule has 3 nitrogen and oxygen atoms in total. The van der Waals surface area contributed by atoms with Crippen LogP contribution >= 0.6 is 0 Å². The Morgan fingerprint density at radius 2 is 1.57 bits per heavy atom. The highest BCUT2D eigenvalue weighted by Crippen LogP contribution is 2.61. The highest BCUT2D eigenvalue weighted by atomic mass is 16.1. The number of nitrogens with zero attached hydrogens (tertiary/aromatic N) is 1. The molecule has 1 amide bonds. The molecule has 4 bridgehead atoms. The second kappa shape index (κ2) is 7.48. The van der Waals surface area contributed by atoms with Crippen LogP contribution in [-0.2, 0) is 11.3 Å². The number of carbonyl (C=O) groups is 1. The second-order valence-corrected chi connectivity index (χ2v) is 10.8. The van der Waals surface area contributed by atoms with Gasteiger partial charge < -0.3 is 5.32 Å². The smallest absolute Gasteiger partial charge is 0.224 e. The van der Waals surface area contributed by atoms with E-state index in [4.69, 9.17) is 0 Å². The molecule has 0 unspecified atom stereocenters. The van der Waals surface area contributed by atoms with Crippen molar-refractivity contribution in [3.05, 3.63) is 29.8 Å². The van der Waals surface area contributed by atoms with Gasteiger partial charge in [0.1, 0.15) is 0 Å². The molecule has 4 saturated carbocycles. The van der Waals surface area contributed by atoms with Crippen molar-refractivity contribution in [2.75, 3.05) is 18.4 Å². The van der Waals surface area contributed by atoms with Gasteiger partial charge in [-0.15, -0.1) is 0 Å². The number of benzene rings is 1. The Hall–Kier alpha value is -1.35. The first-order chi connectivity index (χ1) is 13.6. The topological polar surface area (TPSA) is 32.3 Å². The zero-order chi connectivity index (χ0) is 19.1. The summed E-state index contributed by atoms with van der Waals surface area (Å²) in [6, 6.07) is 8.58. The van der Waals surface area contributed by atoms with Gasteiger partial charge in [-0.05, 0) is 111 Å². The number of hydrogen-bond donors (Lipinski definition) is 1.